The Morgan fingerprint density at radius 1 is 1.29 bits per heavy atom. The molecule has 1 aliphatic rings. The largest absolute Gasteiger partial charge is 0.573 e. The number of benzene rings is 1. The highest BCUT2D eigenvalue weighted by molar-refractivity contribution is 5.32. The van der Waals surface area contributed by atoms with Crippen LogP contribution in [0.4, 0.5) is 13.2 Å². The van der Waals surface area contributed by atoms with E-state index in [1.807, 2.05) is 6.07 Å². The SMILES string of the molecule is NCC1CCC1c1cccc(OC(F)(F)F)c1. The second-order valence-electron chi connectivity index (χ2n) is 4.30. The van der Waals surface area contributed by atoms with Gasteiger partial charge in [0.1, 0.15) is 5.75 Å². The van der Waals surface area contributed by atoms with Crippen molar-refractivity contribution in [3.8, 4) is 5.75 Å². The van der Waals surface area contributed by atoms with E-state index in [9.17, 15) is 13.2 Å². The van der Waals surface area contributed by atoms with E-state index in [0.717, 1.165) is 18.4 Å². The molecule has 0 bridgehead atoms. The minimum atomic E-state index is -4.63. The zero-order valence-electron chi connectivity index (χ0n) is 9.20. The van der Waals surface area contributed by atoms with E-state index in [4.69, 9.17) is 5.73 Å². The summed E-state index contributed by atoms with van der Waals surface area (Å²) in [5.74, 6) is 0.505. The Bertz CT molecular complexity index is 390. The molecule has 0 radical (unpaired) electrons. The van der Waals surface area contributed by atoms with E-state index in [1.165, 1.54) is 12.1 Å². The van der Waals surface area contributed by atoms with Crippen molar-refractivity contribution < 1.29 is 17.9 Å². The lowest BCUT2D eigenvalue weighted by Crippen LogP contribution is -2.30. The summed E-state index contributed by atoms with van der Waals surface area (Å²) >= 11 is 0. The van der Waals surface area contributed by atoms with Crippen LogP contribution in [-0.4, -0.2) is 12.9 Å². The van der Waals surface area contributed by atoms with Gasteiger partial charge in [0.25, 0.3) is 0 Å². The molecule has 0 aromatic heterocycles. The molecule has 17 heavy (non-hydrogen) atoms. The summed E-state index contributed by atoms with van der Waals surface area (Å²) in [6, 6.07) is 6.19. The maximum atomic E-state index is 12.1. The third-order valence-corrected chi connectivity index (χ3v) is 3.24. The predicted molar refractivity (Wildman–Crippen MR) is 57.6 cm³/mol. The molecule has 0 spiro atoms. The van der Waals surface area contributed by atoms with Crippen LogP contribution in [0.2, 0.25) is 0 Å². The third-order valence-electron chi connectivity index (χ3n) is 3.24. The highest BCUT2D eigenvalue weighted by Crippen LogP contribution is 2.42. The van der Waals surface area contributed by atoms with Gasteiger partial charge in [-0.2, -0.15) is 0 Å². The van der Waals surface area contributed by atoms with Crippen molar-refractivity contribution in [2.45, 2.75) is 25.1 Å². The molecule has 5 heteroatoms. The average molecular weight is 245 g/mol. The number of hydrogen-bond donors (Lipinski definition) is 1. The molecule has 94 valence electrons. The minimum Gasteiger partial charge on any atom is -0.406 e. The number of hydrogen-bond acceptors (Lipinski definition) is 2. The topological polar surface area (TPSA) is 35.2 Å². The van der Waals surface area contributed by atoms with Crippen molar-refractivity contribution >= 4 is 0 Å². The van der Waals surface area contributed by atoms with E-state index in [0.29, 0.717) is 12.5 Å². The fourth-order valence-electron chi connectivity index (χ4n) is 2.23. The molecule has 2 atom stereocenters. The summed E-state index contributed by atoms with van der Waals surface area (Å²) in [6.45, 7) is 0.578. The van der Waals surface area contributed by atoms with Crippen LogP contribution in [0.25, 0.3) is 0 Å². The molecule has 1 aromatic rings. The fourth-order valence-corrected chi connectivity index (χ4v) is 2.23. The summed E-state index contributed by atoms with van der Waals surface area (Å²) in [7, 11) is 0. The van der Waals surface area contributed by atoms with Gasteiger partial charge in [-0.15, -0.1) is 13.2 Å². The van der Waals surface area contributed by atoms with Crippen molar-refractivity contribution in [3.05, 3.63) is 29.8 Å². The lowest BCUT2D eigenvalue weighted by atomic mass is 9.70. The van der Waals surface area contributed by atoms with Gasteiger partial charge in [0, 0.05) is 0 Å². The molecule has 2 rings (SSSR count). The number of halogens is 3. The van der Waals surface area contributed by atoms with E-state index in [-0.39, 0.29) is 11.7 Å². The van der Waals surface area contributed by atoms with Crippen LogP contribution in [0.5, 0.6) is 5.75 Å². The number of rotatable bonds is 3. The molecule has 1 saturated carbocycles. The first-order valence-corrected chi connectivity index (χ1v) is 5.55. The number of ether oxygens (including phenoxy) is 1. The van der Waals surface area contributed by atoms with Crippen LogP contribution in [0.15, 0.2) is 24.3 Å². The Morgan fingerprint density at radius 3 is 2.59 bits per heavy atom. The van der Waals surface area contributed by atoms with E-state index < -0.39 is 6.36 Å². The molecular weight excluding hydrogens is 231 g/mol. The van der Waals surface area contributed by atoms with Crippen molar-refractivity contribution in [1.29, 1.82) is 0 Å². The van der Waals surface area contributed by atoms with Crippen LogP contribution >= 0.6 is 0 Å². The molecule has 1 aromatic carbocycles. The summed E-state index contributed by atoms with van der Waals surface area (Å²) in [4.78, 5) is 0. The number of nitrogens with two attached hydrogens (primary N) is 1. The summed E-state index contributed by atoms with van der Waals surface area (Å²) < 4.78 is 40.1. The highest BCUT2D eigenvalue weighted by Gasteiger charge is 2.33. The van der Waals surface area contributed by atoms with Gasteiger partial charge in [0.05, 0.1) is 0 Å². The van der Waals surface area contributed by atoms with Crippen LogP contribution in [0.1, 0.15) is 24.3 Å². The Kier molecular flexibility index (Phi) is 3.28. The normalized spacial score (nSPS) is 24.2. The Labute approximate surface area is 97.6 Å². The Balaban J connectivity index is 2.12. The Hall–Kier alpha value is -1.23. The van der Waals surface area contributed by atoms with Crippen molar-refractivity contribution in [2.24, 2.45) is 11.7 Å². The molecule has 0 aliphatic heterocycles. The second kappa shape index (κ2) is 4.56. The summed E-state index contributed by atoms with van der Waals surface area (Å²) in [6.07, 6.45) is -2.60. The number of alkyl halides is 3. The van der Waals surface area contributed by atoms with E-state index in [1.54, 1.807) is 6.07 Å². The van der Waals surface area contributed by atoms with Gasteiger partial charge in [-0.3, -0.25) is 0 Å². The zero-order valence-corrected chi connectivity index (χ0v) is 9.20. The highest BCUT2D eigenvalue weighted by atomic mass is 19.4. The van der Waals surface area contributed by atoms with Crippen LogP contribution < -0.4 is 10.5 Å². The minimum absolute atomic E-state index is 0.155. The molecule has 2 unspecified atom stereocenters. The first-order valence-electron chi connectivity index (χ1n) is 5.55. The maximum absolute atomic E-state index is 12.1. The molecular formula is C12H14F3NO. The summed E-state index contributed by atoms with van der Waals surface area (Å²) in [5.41, 5.74) is 6.47. The van der Waals surface area contributed by atoms with Gasteiger partial charge in [0.2, 0.25) is 0 Å². The second-order valence-corrected chi connectivity index (χ2v) is 4.30. The van der Waals surface area contributed by atoms with Crippen LogP contribution in [-0.2, 0) is 0 Å². The predicted octanol–water partition coefficient (Wildman–Crippen LogP) is 3.04. The van der Waals surface area contributed by atoms with Crippen molar-refractivity contribution in [3.63, 3.8) is 0 Å². The quantitative estimate of drug-likeness (QED) is 0.888. The van der Waals surface area contributed by atoms with Crippen LogP contribution in [0, 0.1) is 5.92 Å². The lowest BCUT2D eigenvalue weighted by molar-refractivity contribution is -0.274. The first-order chi connectivity index (χ1) is 7.99. The first kappa shape index (κ1) is 12.2. The zero-order chi connectivity index (χ0) is 12.5. The molecule has 1 fully saturated rings. The van der Waals surface area contributed by atoms with Crippen molar-refractivity contribution in [2.75, 3.05) is 6.54 Å². The molecule has 0 heterocycles. The summed E-state index contributed by atoms with van der Waals surface area (Å²) in [5, 5.41) is 0. The molecule has 2 N–H and O–H groups in total. The van der Waals surface area contributed by atoms with Gasteiger partial charge < -0.3 is 10.5 Å². The molecule has 1 aliphatic carbocycles. The standard InChI is InChI=1S/C12H14F3NO/c13-12(14,15)17-10-3-1-2-8(6-10)11-5-4-9(11)7-16/h1-3,6,9,11H,4-5,7,16H2. The fraction of sp³-hybridized carbons (Fsp3) is 0.500. The monoisotopic (exact) mass is 245 g/mol. The third kappa shape index (κ3) is 2.91. The molecule has 0 saturated heterocycles. The Morgan fingerprint density at radius 2 is 2.06 bits per heavy atom. The van der Waals surface area contributed by atoms with Gasteiger partial charge in [-0.1, -0.05) is 12.1 Å². The molecule has 0 amide bonds. The van der Waals surface area contributed by atoms with Gasteiger partial charge >= 0.3 is 6.36 Å². The van der Waals surface area contributed by atoms with E-state index in [2.05, 4.69) is 4.74 Å². The van der Waals surface area contributed by atoms with Gasteiger partial charge in [-0.05, 0) is 48.9 Å². The average Bonchev–Trinajstić information content (AvgIpc) is 2.14. The molecule has 2 nitrogen and oxygen atoms in total. The maximum Gasteiger partial charge on any atom is 0.573 e. The lowest BCUT2D eigenvalue weighted by Gasteiger charge is -2.36. The van der Waals surface area contributed by atoms with Crippen LogP contribution in [0.3, 0.4) is 0 Å². The van der Waals surface area contributed by atoms with Gasteiger partial charge in [-0.25, -0.2) is 0 Å². The van der Waals surface area contributed by atoms with Crippen molar-refractivity contribution in [1.82, 2.24) is 0 Å². The van der Waals surface area contributed by atoms with Gasteiger partial charge in [0.15, 0.2) is 0 Å². The van der Waals surface area contributed by atoms with E-state index >= 15 is 0 Å². The smallest absolute Gasteiger partial charge is 0.406 e.